The highest BCUT2D eigenvalue weighted by atomic mass is 32.2. The van der Waals surface area contributed by atoms with Crippen LogP contribution in [0.15, 0.2) is 77.7 Å². The molecule has 0 heterocycles. The number of nitrogens with zero attached hydrogens (tertiary/aromatic N) is 2. The van der Waals surface area contributed by atoms with Gasteiger partial charge in [-0.2, -0.15) is 0 Å². The van der Waals surface area contributed by atoms with Crippen LogP contribution in [0.1, 0.15) is 31.4 Å². The maximum absolute atomic E-state index is 13.8. The minimum absolute atomic E-state index is 0.0634. The van der Waals surface area contributed by atoms with Crippen LogP contribution < -0.4 is 14.4 Å². The summed E-state index contributed by atoms with van der Waals surface area (Å²) in [4.78, 5) is 27.9. The average molecular weight is 556 g/mol. The number of carbonyl (C=O) groups is 2. The Hall–Kier alpha value is -3.92. The van der Waals surface area contributed by atoms with Gasteiger partial charge in [0.25, 0.3) is 10.0 Å². The molecular weight excluding hydrogens is 521 g/mol. The zero-order valence-electron chi connectivity index (χ0n) is 22.6. The lowest BCUT2D eigenvalue weighted by Gasteiger charge is -2.33. The van der Waals surface area contributed by atoms with Crippen molar-refractivity contribution >= 4 is 27.5 Å². The predicted octanol–water partition coefficient (Wildman–Crippen LogP) is 4.28. The molecule has 0 fully saturated rings. The van der Waals surface area contributed by atoms with Crippen LogP contribution in [0.2, 0.25) is 0 Å². The third-order valence-corrected chi connectivity index (χ3v) is 8.01. The Morgan fingerprint density at radius 3 is 2.10 bits per heavy atom. The van der Waals surface area contributed by atoms with Gasteiger partial charge in [-0.25, -0.2) is 12.8 Å². The van der Waals surface area contributed by atoms with Gasteiger partial charge < -0.3 is 15.0 Å². The van der Waals surface area contributed by atoms with Crippen molar-refractivity contribution < 1.29 is 27.1 Å². The molecule has 208 valence electrons. The van der Waals surface area contributed by atoms with E-state index >= 15 is 0 Å². The van der Waals surface area contributed by atoms with Crippen LogP contribution in [0.25, 0.3) is 0 Å². The topological polar surface area (TPSA) is 96.0 Å². The molecule has 3 rings (SSSR count). The number of hydrogen-bond donors (Lipinski definition) is 1. The maximum Gasteiger partial charge on any atom is 0.264 e. The molecule has 0 radical (unpaired) electrons. The molecule has 0 aliphatic rings. The first kappa shape index (κ1) is 29.6. The maximum atomic E-state index is 13.8. The second-order valence-corrected chi connectivity index (χ2v) is 10.8. The normalized spacial score (nSPS) is 11.9. The monoisotopic (exact) mass is 555 g/mol. The van der Waals surface area contributed by atoms with Crippen LogP contribution in [-0.4, -0.2) is 51.4 Å². The van der Waals surface area contributed by atoms with E-state index in [-0.39, 0.29) is 23.0 Å². The van der Waals surface area contributed by atoms with E-state index in [2.05, 4.69) is 5.32 Å². The molecule has 2 amide bonds. The molecular formula is C29H34FN3O5S. The van der Waals surface area contributed by atoms with Crippen molar-refractivity contribution in [3.8, 4) is 5.75 Å². The molecule has 0 aliphatic heterocycles. The van der Waals surface area contributed by atoms with Gasteiger partial charge in [0.05, 0.1) is 17.2 Å². The molecule has 0 saturated heterocycles. The number of carbonyl (C=O) groups excluding carboxylic acids is 2. The van der Waals surface area contributed by atoms with E-state index in [1.54, 1.807) is 6.92 Å². The van der Waals surface area contributed by atoms with Gasteiger partial charge in [-0.15, -0.1) is 0 Å². The second kappa shape index (κ2) is 13.2. The number of aryl methyl sites for hydroxylation is 1. The summed E-state index contributed by atoms with van der Waals surface area (Å²) in [5, 5.41) is 2.59. The van der Waals surface area contributed by atoms with Crippen molar-refractivity contribution in [3.05, 3.63) is 89.7 Å². The Morgan fingerprint density at radius 1 is 0.949 bits per heavy atom. The van der Waals surface area contributed by atoms with E-state index in [1.807, 2.05) is 38.1 Å². The Bertz CT molecular complexity index is 1360. The SMILES string of the molecule is CCOc1ccc(S(=O)(=O)N(CC(=O)N(Cc2ccc(C)cc2)[C@@H](CC)C(=O)NC)c2ccc(F)cc2)cc1. The number of halogens is 1. The summed E-state index contributed by atoms with van der Waals surface area (Å²) in [7, 11) is -2.77. The molecule has 39 heavy (non-hydrogen) atoms. The van der Waals surface area contributed by atoms with Crippen LogP contribution in [0.5, 0.6) is 5.75 Å². The number of likely N-dealkylation sites (N-methyl/N-ethyl adjacent to an activating group) is 1. The Balaban J connectivity index is 2.03. The van der Waals surface area contributed by atoms with Gasteiger partial charge >= 0.3 is 0 Å². The molecule has 10 heteroatoms. The Kier molecular flexibility index (Phi) is 10.1. The molecule has 8 nitrogen and oxygen atoms in total. The van der Waals surface area contributed by atoms with Gasteiger partial charge in [-0.1, -0.05) is 36.8 Å². The van der Waals surface area contributed by atoms with Crippen molar-refractivity contribution in [2.75, 3.05) is 24.5 Å². The Labute approximate surface area is 229 Å². The molecule has 3 aromatic rings. The smallest absolute Gasteiger partial charge is 0.264 e. The standard InChI is InChI=1S/C29H34FN3O5S/c1-5-27(29(35)31-4)32(19-22-9-7-21(3)8-10-22)28(34)20-33(24-13-11-23(30)12-14-24)39(36,37)26-17-15-25(16-18-26)38-6-2/h7-18,27H,5-6,19-20H2,1-4H3,(H,31,35)/t27-/m0/s1. The first-order valence-corrected chi connectivity index (χ1v) is 14.1. The van der Waals surface area contributed by atoms with Gasteiger partial charge in [0, 0.05) is 13.6 Å². The first-order chi connectivity index (χ1) is 18.6. The summed E-state index contributed by atoms with van der Waals surface area (Å²) in [5.41, 5.74) is 1.94. The number of ether oxygens (including phenoxy) is 1. The number of rotatable bonds is 12. The molecule has 0 spiro atoms. The third-order valence-electron chi connectivity index (χ3n) is 6.22. The second-order valence-electron chi connectivity index (χ2n) is 8.94. The van der Waals surface area contributed by atoms with E-state index in [0.29, 0.717) is 18.8 Å². The molecule has 1 atom stereocenters. The largest absolute Gasteiger partial charge is 0.494 e. The van der Waals surface area contributed by atoms with Crippen LogP contribution in [-0.2, 0) is 26.2 Å². The number of anilines is 1. The minimum Gasteiger partial charge on any atom is -0.494 e. The number of benzene rings is 3. The van der Waals surface area contributed by atoms with Crippen LogP contribution in [0.3, 0.4) is 0 Å². The summed E-state index contributed by atoms with van der Waals surface area (Å²) in [6, 6.07) is 17.4. The fourth-order valence-electron chi connectivity index (χ4n) is 4.11. The lowest BCUT2D eigenvalue weighted by Crippen LogP contribution is -2.51. The van der Waals surface area contributed by atoms with E-state index in [1.165, 1.54) is 48.3 Å². The van der Waals surface area contributed by atoms with Gasteiger partial charge in [-0.05, 0) is 74.4 Å². The van der Waals surface area contributed by atoms with Crippen molar-refractivity contribution in [2.24, 2.45) is 0 Å². The highest BCUT2D eigenvalue weighted by molar-refractivity contribution is 7.92. The van der Waals surface area contributed by atoms with E-state index in [4.69, 9.17) is 4.74 Å². The molecule has 0 saturated carbocycles. The molecule has 0 bridgehead atoms. The third kappa shape index (κ3) is 7.35. The highest BCUT2D eigenvalue weighted by Crippen LogP contribution is 2.26. The minimum atomic E-state index is -4.26. The lowest BCUT2D eigenvalue weighted by atomic mass is 10.1. The quantitative estimate of drug-likeness (QED) is 0.360. The number of nitrogens with one attached hydrogen (secondary N) is 1. The van der Waals surface area contributed by atoms with E-state index < -0.39 is 34.3 Å². The van der Waals surface area contributed by atoms with Gasteiger partial charge in [0.1, 0.15) is 24.2 Å². The van der Waals surface area contributed by atoms with E-state index in [9.17, 15) is 22.4 Å². The number of sulfonamides is 1. The molecule has 0 unspecified atom stereocenters. The van der Waals surface area contributed by atoms with Gasteiger partial charge in [-0.3, -0.25) is 13.9 Å². The molecule has 3 aromatic carbocycles. The molecule has 0 aromatic heterocycles. The Morgan fingerprint density at radius 2 is 1.56 bits per heavy atom. The zero-order chi connectivity index (χ0) is 28.6. The molecule has 0 aliphatic carbocycles. The summed E-state index contributed by atoms with van der Waals surface area (Å²) >= 11 is 0. The first-order valence-electron chi connectivity index (χ1n) is 12.7. The number of amides is 2. The van der Waals surface area contributed by atoms with Crippen molar-refractivity contribution in [1.29, 1.82) is 0 Å². The number of hydrogen-bond acceptors (Lipinski definition) is 5. The average Bonchev–Trinajstić information content (AvgIpc) is 2.93. The zero-order valence-corrected chi connectivity index (χ0v) is 23.4. The fraction of sp³-hybridized carbons (Fsp3) is 0.310. The molecule has 1 N–H and O–H groups in total. The summed E-state index contributed by atoms with van der Waals surface area (Å²) in [6.45, 7) is 5.47. The summed E-state index contributed by atoms with van der Waals surface area (Å²) in [5.74, 6) is -0.984. The summed E-state index contributed by atoms with van der Waals surface area (Å²) < 4.78 is 47.7. The fourth-order valence-corrected chi connectivity index (χ4v) is 5.53. The predicted molar refractivity (Wildman–Crippen MR) is 148 cm³/mol. The van der Waals surface area contributed by atoms with Crippen LogP contribution in [0, 0.1) is 12.7 Å². The van der Waals surface area contributed by atoms with Gasteiger partial charge in [0.15, 0.2) is 0 Å². The van der Waals surface area contributed by atoms with Gasteiger partial charge in [0.2, 0.25) is 11.8 Å². The highest BCUT2D eigenvalue weighted by Gasteiger charge is 2.33. The van der Waals surface area contributed by atoms with Crippen molar-refractivity contribution in [3.63, 3.8) is 0 Å². The van der Waals surface area contributed by atoms with Crippen LogP contribution in [0.4, 0.5) is 10.1 Å². The van der Waals surface area contributed by atoms with Crippen molar-refractivity contribution in [2.45, 2.75) is 44.7 Å². The lowest BCUT2D eigenvalue weighted by molar-refractivity contribution is -0.140. The van der Waals surface area contributed by atoms with E-state index in [0.717, 1.165) is 27.6 Å². The summed E-state index contributed by atoms with van der Waals surface area (Å²) in [6.07, 6.45) is 0.319. The van der Waals surface area contributed by atoms with Crippen LogP contribution >= 0.6 is 0 Å². The van der Waals surface area contributed by atoms with Crippen molar-refractivity contribution in [1.82, 2.24) is 10.2 Å².